The quantitative estimate of drug-likeness (QED) is 0.856. The average Bonchev–Trinajstić information content (AvgIpc) is 3.41. The lowest BCUT2D eigenvalue weighted by Crippen LogP contribution is -2.46. The second kappa shape index (κ2) is 6.04. The van der Waals surface area contributed by atoms with Crippen LogP contribution in [0.4, 0.5) is 0 Å². The molecule has 2 spiro atoms. The number of nitrogens with one attached hydrogen (secondary N) is 1. The Balaban J connectivity index is 1.25. The van der Waals surface area contributed by atoms with Gasteiger partial charge in [-0.3, -0.25) is 9.59 Å². The lowest BCUT2D eigenvalue weighted by atomic mass is 9.75. The molecule has 5 heteroatoms. The third-order valence-corrected chi connectivity index (χ3v) is 8.29. The molecular formula is C24H27N3O2. The summed E-state index contributed by atoms with van der Waals surface area (Å²) < 4.78 is 0. The highest BCUT2D eigenvalue weighted by Crippen LogP contribution is 2.66. The fourth-order valence-corrected chi connectivity index (χ4v) is 6.13. The van der Waals surface area contributed by atoms with Gasteiger partial charge in [0.05, 0.1) is 5.69 Å². The van der Waals surface area contributed by atoms with Gasteiger partial charge in [0.2, 0.25) is 5.91 Å². The van der Waals surface area contributed by atoms with Gasteiger partial charge in [-0.05, 0) is 50.4 Å². The highest BCUT2D eigenvalue weighted by molar-refractivity contribution is 5.83. The van der Waals surface area contributed by atoms with Gasteiger partial charge >= 0.3 is 0 Å². The molecule has 1 aromatic heterocycles. The number of aromatic amines is 1. The van der Waals surface area contributed by atoms with Crippen molar-refractivity contribution in [2.45, 2.75) is 56.8 Å². The first-order chi connectivity index (χ1) is 14.1. The van der Waals surface area contributed by atoms with E-state index in [0.717, 1.165) is 62.0 Å². The minimum atomic E-state index is -0.0401. The maximum Gasteiger partial charge on any atom is 0.254 e. The van der Waals surface area contributed by atoms with Crippen molar-refractivity contribution in [3.63, 3.8) is 0 Å². The molecule has 1 aromatic carbocycles. The fourth-order valence-electron chi connectivity index (χ4n) is 6.13. The molecule has 29 heavy (non-hydrogen) atoms. The number of carbonyl (C=O) groups is 1. The van der Waals surface area contributed by atoms with Gasteiger partial charge in [0.25, 0.3) is 5.56 Å². The number of likely N-dealkylation sites (tertiary alicyclic amines) is 1. The summed E-state index contributed by atoms with van der Waals surface area (Å²) in [4.78, 5) is 35.8. The molecule has 4 aliphatic rings. The van der Waals surface area contributed by atoms with E-state index in [4.69, 9.17) is 4.98 Å². The van der Waals surface area contributed by atoms with Crippen molar-refractivity contribution >= 4 is 5.91 Å². The minimum absolute atomic E-state index is 0.00846. The van der Waals surface area contributed by atoms with Crippen LogP contribution in [0.1, 0.15) is 56.2 Å². The number of hydrogen-bond acceptors (Lipinski definition) is 3. The van der Waals surface area contributed by atoms with Crippen molar-refractivity contribution in [3.8, 4) is 11.4 Å². The van der Waals surface area contributed by atoms with Gasteiger partial charge in [-0.1, -0.05) is 36.8 Å². The van der Waals surface area contributed by atoms with Crippen LogP contribution in [0.3, 0.4) is 0 Å². The first-order valence-corrected chi connectivity index (χ1v) is 11.1. The summed E-state index contributed by atoms with van der Waals surface area (Å²) >= 11 is 0. The molecule has 1 atom stereocenters. The number of benzene rings is 1. The summed E-state index contributed by atoms with van der Waals surface area (Å²) in [7, 11) is 0. The van der Waals surface area contributed by atoms with Crippen LogP contribution in [-0.4, -0.2) is 33.9 Å². The van der Waals surface area contributed by atoms with Gasteiger partial charge in [-0.2, -0.15) is 0 Å². The first kappa shape index (κ1) is 17.4. The van der Waals surface area contributed by atoms with Crippen molar-refractivity contribution in [2.75, 3.05) is 13.1 Å². The minimum Gasteiger partial charge on any atom is -0.342 e. The van der Waals surface area contributed by atoms with Gasteiger partial charge in [0.1, 0.15) is 5.82 Å². The third-order valence-electron chi connectivity index (χ3n) is 8.29. The number of piperidine rings is 1. The van der Waals surface area contributed by atoms with Crippen LogP contribution in [0, 0.1) is 11.3 Å². The Morgan fingerprint density at radius 2 is 1.83 bits per heavy atom. The first-order valence-electron chi connectivity index (χ1n) is 11.1. The number of fused-ring (bicyclic) bond motifs is 2. The summed E-state index contributed by atoms with van der Waals surface area (Å²) in [5.41, 5.74) is 3.16. The van der Waals surface area contributed by atoms with Gasteiger partial charge < -0.3 is 9.88 Å². The molecule has 1 aliphatic heterocycles. The standard InChI is InChI=1S/C24H27N3O2/c28-21-17-7-10-23(19(17)25-20(26-21)16-5-2-1-3-6-16)11-13-27(14-12-23)22(29)18-15-24(18)8-4-9-24/h1-3,5-6,18H,4,7-15H2,(H,25,26,28). The Hall–Kier alpha value is -2.43. The number of aromatic nitrogens is 2. The number of H-pyrrole nitrogens is 1. The Morgan fingerprint density at radius 1 is 1.07 bits per heavy atom. The van der Waals surface area contributed by atoms with Crippen LogP contribution < -0.4 is 5.56 Å². The zero-order chi connectivity index (χ0) is 19.6. The second-order valence-corrected chi connectivity index (χ2v) is 9.69. The number of rotatable bonds is 2. The molecule has 1 amide bonds. The normalized spacial score (nSPS) is 25.7. The van der Waals surface area contributed by atoms with E-state index in [0.29, 0.717) is 23.1 Å². The van der Waals surface area contributed by atoms with E-state index in [9.17, 15) is 9.59 Å². The summed E-state index contributed by atoms with van der Waals surface area (Å²) in [5, 5.41) is 0. The zero-order valence-corrected chi connectivity index (χ0v) is 16.7. The Morgan fingerprint density at radius 3 is 2.48 bits per heavy atom. The highest BCUT2D eigenvalue weighted by Gasteiger charge is 2.62. The number of amides is 1. The molecule has 2 aromatic rings. The molecule has 2 heterocycles. The smallest absolute Gasteiger partial charge is 0.254 e. The van der Waals surface area contributed by atoms with Crippen molar-refractivity contribution in [2.24, 2.45) is 11.3 Å². The largest absolute Gasteiger partial charge is 0.342 e. The molecule has 3 aliphatic carbocycles. The van der Waals surface area contributed by atoms with E-state index in [1.165, 1.54) is 19.3 Å². The summed E-state index contributed by atoms with van der Waals surface area (Å²) in [5.74, 6) is 1.35. The van der Waals surface area contributed by atoms with Gasteiger partial charge in [-0.15, -0.1) is 0 Å². The van der Waals surface area contributed by atoms with Gasteiger partial charge in [-0.25, -0.2) is 4.98 Å². The Labute approximate surface area is 170 Å². The highest BCUT2D eigenvalue weighted by atomic mass is 16.2. The molecule has 3 fully saturated rings. The molecule has 5 nitrogen and oxygen atoms in total. The van der Waals surface area contributed by atoms with Crippen molar-refractivity contribution in [1.29, 1.82) is 0 Å². The Bertz CT molecular complexity index is 1030. The number of hydrogen-bond donors (Lipinski definition) is 1. The second-order valence-electron chi connectivity index (χ2n) is 9.69. The maximum atomic E-state index is 13.0. The van der Waals surface area contributed by atoms with Crippen LogP contribution in [0.5, 0.6) is 0 Å². The van der Waals surface area contributed by atoms with Crippen LogP contribution in [0.25, 0.3) is 11.4 Å². The van der Waals surface area contributed by atoms with Crippen molar-refractivity contribution in [3.05, 3.63) is 51.9 Å². The lowest BCUT2D eigenvalue weighted by Gasteiger charge is -2.40. The fraction of sp³-hybridized carbons (Fsp3) is 0.542. The van der Waals surface area contributed by atoms with Crippen molar-refractivity contribution in [1.82, 2.24) is 14.9 Å². The summed E-state index contributed by atoms with van der Waals surface area (Å²) in [6.45, 7) is 1.61. The third kappa shape index (κ3) is 2.55. The molecule has 0 radical (unpaired) electrons. The topological polar surface area (TPSA) is 66.1 Å². The average molecular weight is 389 g/mol. The van der Waals surface area contributed by atoms with E-state index in [-0.39, 0.29) is 11.0 Å². The predicted octanol–water partition coefficient (Wildman–Crippen LogP) is 3.43. The van der Waals surface area contributed by atoms with Crippen molar-refractivity contribution < 1.29 is 4.79 Å². The van der Waals surface area contributed by atoms with E-state index in [1.54, 1.807) is 0 Å². The predicted molar refractivity (Wildman–Crippen MR) is 110 cm³/mol. The van der Waals surface area contributed by atoms with Crippen LogP contribution in [0.2, 0.25) is 0 Å². The molecule has 150 valence electrons. The van der Waals surface area contributed by atoms with Crippen LogP contribution >= 0.6 is 0 Å². The van der Waals surface area contributed by atoms with Crippen LogP contribution in [0.15, 0.2) is 35.1 Å². The van der Waals surface area contributed by atoms with Gasteiger partial charge in [0, 0.05) is 35.5 Å². The van der Waals surface area contributed by atoms with E-state index < -0.39 is 0 Å². The molecule has 0 bridgehead atoms. The Kier molecular flexibility index (Phi) is 3.63. The molecule has 1 N–H and O–H groups in total. The summed E-state index contributed by atoms with van der Waals surface area (Å²) in [6, 6.07) is 9.88. The van der Waals surface area contributed by atoms with Crippen LogP contribution in [-0.2, 0) is 16.6 Å². The zero-order valence-electron chi connectivity index (χ0n) is 16.7. The maximum absolute atomic E-state index is 13.0. The monoisotopic (exact) mass is 389 g/mol. The number of carbonyl (C=O) groups excluding carboxylic acids is 1. The van der Waals surface area contributed by atoms with E-state index in [1.807, 2.05) is 30.3 Å². The molecule has 1 unspecified atom stereocenters. The van der Waals surface area contributed by atoms with E-state index in [2.05, 4.69) is 9.88 Å². The van der Waals surface area contributed by atoms with E-state index >= 15 is 0 Å². The molecule has 2 saturated carbocycles. The number of nitrogens with zero attached hydrogens (tertiary/aromatic N) is 2. The molecular weight excluding hydrogens is 362 g/mol. The molecule has 1 saturated heterocycles. The van der Waals surface area contributed by atoms with Gasteiger partial charge in [0.15, 0.2) is 0 Å². The lowest BCUT2D eigenvalue weighted by molar-refractivity contribution is -0.135. The SMILES string of the molecule is O=C(C1CC12CCC2)N1CCC2(CCc3c2nc(-c2ccccc2)[nH]c3=O)CC1. The molecule has 6 rings (SSSR count). The summed E-state index contributed by atoms with van der Waals surface area (Å²) in [6.07, 6.45) is 8.55.